The lowest BCUT2D eigenvalue weighted by Crippen LogP contribution is -2.34. The van der Waals surface area contributed by atoms with E-state index >= 15 is 0 Å². The second-order valence-electron chi connectivity index (χ2n) is 10.3. The van der Waals surface area contributed by atoms with Crippen molar-refractivity contribution in [2.45, 2.75) is 71.7 Å². The van der Waals surface area contributed by atoms with Crippen molar-refractivity contribution in [3.8, 4) is 0 Å². The summed E-state index contributed by atoms with van der Waals surface area (Å²) in [4.78, 5) is 20.8. The van der Waals surface area contributed by atoms with Crippen LogP contribution in [-0.2, 0) is 16.6 Å². The van der Waals surface area contributed by atoms with Gasteiger partial charge >= 0.3 is 0 Å². The Labute approximate surface area is 241 Å². The number of unbranched alkanes of at least 4 members (excludes halogenated alkanes) is 1. The number of sulfonamides is 1. The van der Waals surface area contributed by atoms with Crippen molar-refractivity contribution in [2.75, 3.05) is 24.5 Å². The van der Waals surface area contributed by atoms with Gasteiger partial charge in [0.15, 0.2) is 5.13 Å². The maximum absolute atomic E-state index is 13.9. The standard InChI is InChI=1S/C30H39N5O3S2/c1-7-9-17-33(8-2)40(37,38)25-15-13-24(14-16-25)29(36)34(18-19-35-23(6)20-22(5)32-35)30-31-28-26(21(3)4)11-10-12-27(28)39-30/h10-16,20-21H,7-9,17-19H2,1-6H3. The van der Waals surface area contributed by atoms with Crippen LogP contribution in [-0.4, -0.2) is 53.0 Å². The Bertz CT molecular complexity index is 1570. The van der Waals surface area contributed by atoms with Crippen LogP contribution in [0.1, 0.15) is 73.8 Å². The topological polar surface area (TPSA) is 88.4 Å². The van der Waals surface area contributed by atoms with Crippen molar-refractivity contribution in [2.24, 2.45) is 0 Å². The minimum atomic E-state index is -3.63. The molecule has 0 spiro atoms. The Hall–Kier alpha value is -3.08. The quantitative estimate of drug-likeness (QED) is 0.193. The average Bonchev–Trinajstić information content (AvgIpc) is 3.50. The van der Waals surface area contributed by atoms with Crippen molar-refractivity contribution in [1.29, 1.82) is 0 Å². The van der Waals surface area contributed by atoms with E-state index in [2.05, 4.69) is 25.0 Å². The number of anilines is 1. The zero-order chi connectivity index (χ0) is 29.0. The number of amides is 1. The molecule has 10 heteroatoms. The highest BCUT2D eigenvalue weighted by Crippen LogP contribution is 2.34. The summed E-state index contributed by atoms with van der Waals surface area (Å²) < 4.78 is 30.8. The van der Waals surface area contributed by atoms with Gasteiger partial charge in [-0.1, -0.05) is 57.6 Å². The zero-order valence-electron chi connectivity index (χ0n) is 24.2. The number of rotatable bonds is 12. The molecule has 2 aromatic heterocycles. The number of aryl methyl sites for hydroxylation is 2. The van der Waals surface area contributed by atoms with Gasteiger partial charge in [0.05, 0.1) is 27.4 Å². The summed E-state index contributed by atoms with van der Waals surface area (Å²) in [6.07, 6.45) is 1.71. The van der Waals surface area contributed by atoms with Crippen LogP contribution in [0.25, 0.3) is 10.2 Å². The number of carbonyl (C=O) groups is 1. The van der Waals surface area contributed by atoms with Crippen LogP contribution in [0.4, 0.5) is 5.13 Å². The molecule has 0 bridgehead atoms. The predicted octanol–water partition coefficient (Wildman–Crippen LogP) is 6.39. The lowest BCUT2D eigenvalue weighted by atomic mass is 10.0. The molecule has 2 aromatic carbocycles. The third-order valence-corrected chi connectivity index (χ3v) is 10.1. The second-order valence-corrected chi connectivity index (χ2v) is 13.3. The van der Waals surface area contributed by atoms with Crippen LogP contribution in [0, 0.1) is 13.8 Å². The average molecular weight is 582 g/mol. The first-order valence-electron chi connectivity index (χ1n) is 13.9. The Kier molecular flexibility index (Phi) is 9.43. The monoisotopic (exact) mass is 581 g/mol. The van der Waals surface area contributed by atoms with Crippen LogP contribution in [0.5, 0.6) is 0 Å². The molecular formula is C30H39N5O3S2. The Morgan fingerprint density at radius 2 is 1.77 bits per heavy atom. The van der Waals surface area contributed by atoms with Gasteiger partial charge < -0.3 is 0 Å². The van der Waals surface area contributed by atoms with Gasteiger partial charge in [0, 0.05) is 30.9 Å². The van der Waals surface area contributed by atoms with Crippen molar-refractivity contribution < 1.29 is 13.2 Å². The normalized spacial score (nSPS) is 12.1. The molecule has 0 unspecified atom stereocenters. The van der Waals surface area contributed by atoms with E-state index in [1.54, 1.807) is 17.0 Å². The zero-order valence-corrected chi connectivity index (χ0v) is 25.8. The molecule has 0 saturated carbocycles. The number of benzene rings is 2. The minimum absolute atomic E-state index is 0.192. The van der Waals surface area contributed by atoms with Gasteiger partial charge in [-0.3, -0.25) is 14.4 Å². The van der Waals surface area contributed by atoms with E-state index in [0.717, 1.165) is 40.0 Å². The third kappa shape index (κ3) is 6.29. The molecular weight excluding hydrogens is 542 g/mol. The molecule has 214 valence electrons. The molecule has 0 aliphatic carbocycles. The number of aromatic nitrogens is 3. The molecule has 4 rings (SSSR count). The van der Waals surface area contributed by atoms with Gasteiger partial charge in [-0.15, -0.1) is 0 Å². The van der Waals surface area contributed by atoms with Gasteiger partial charge in [0.1, 0.15) is 0 Å². The smallest absolute Gasteiger partial charge is 0.260 e. The van der Waals surface area contributed by atoms with Gasteiger partial charge in [-0.2, -0.15) is 9.40 Å². The molecule has 0 saturated heterocycles. The number of carbonyl (C=O) groups excluding carboxylic acids is 1. The fraction of sp³-hybridized carbons (Fsp3) is 0.433. The first-order valence-corrected chi connectivity index (χ1v) is 16.1. The van der Waals surface area contributed by atoms with E-state index in [4.69, 9.17) is 4.98 Å². The molecule has 40 heavy (non-hydrogen) atoms. The number of hydrogen-bond donors (Lipinski definition) is 0. The maximum Gasteiger partial charge on any atom is 0.260 e. The summed E-state index contributed by atoms with van der Waals surface area (Å²) in [5.74, 6) is 0.0703. The Balaban J connectivity index is 1.68. The van der Waals surface area contributed by atoms with Crippen LogP contribution in [0.15, 0.2) is 53.4 Å². The summed E-state index contributed by atoms with van der Waals surface area (Å²) in [6.45, 7) is 13.9. The molecule has 2 heterocycles. The summed E-state index contributed by atoms with van der Waals surface area (Å²) >= 11 is 1.49. The number of hydrogen-bond acceptors (Lipinski definition) is 6. The van der Waals surface area contributed by atoms with E-state index in [1.165, 1.54) is 27.8 Å². The van der Waals surface area contributed by atoms with Crippen molar-refractivity contribution in [1.82, 2.24) is 19.1 Å². The number of thiazole rings is 1. The van der Waals surface area contributed by atoms with E-state index < -0.39 is 10.0 Å². The van der Waals surface area contributed by atoms with E-state index in [9.17, 15) is 13.2 Å². The summed E-state index contributed by atoms with van der Waals surface area (Å²) in [5, 5.41) is 5.18. The first kappa shape index (κ1) is 29.9. The Morgan fingerprint density at radius 3 is 2.38 bits per heavy atom. The van der Waals surface area contributed by atoms with Gasteiger partial charge in [-0.25, -0.2) is 13.4 Å². The van der Waals surface area contributed by atoms with Gasteiger partial charge in [0.2, 0.25) is 10.0 Å². The van der Waals surface area contributed by atoms with E-state index in [0.29, 0.717) is 42.8 Å². The Morgan fingerprint density at radius 1 is 1.05 bits per heavy atom. The number of fused-ring (bicyclic) bond motifs is 1. The lowest BCUT2D eigenvalue weighted by Gasteiger charge is -2.22. The highest BCUT2D eigenvalue weighted by atomic mass is 32.2. The van der Waals surface area contributed by atoms with E-state index in [1.807, 2.05) is 50.6 Å². The van der Waals surface area contributed by atoms with Crippen molar-refractivity contribution in [3.05, 3.63) is 71.0 Å². The maximum atomic E-state index is 13.9. The van der Waals surface area contributed by atoms with E-state index in [-0.39, 0.29) is 10.8 Å². The molecule has 0 aliphatic rings. The minimum Gasteiger partial charge on any atom is -0.282 e. The molecule has 0 atom stereocenters. The third-order valence-electron chi connectivity index (χ3n) is 7.03. The number of para-hydroxylation sites is 1. The molecule has 0 N–H and O–H groups in total. The van der Waals surface area contributed by atoms with Crippen molar-refractivity contribution in [3.63, 3.8) is 0 Å². The van der Waals surface area contributed by atoms with Gasteiger partial charge in [0.25, 0.3) is 5.91 Å². The molecule has 4 aromatic rings. The number of nitrogens with zero attached hydrogens (tertiary/aromatic N) is 5. The molecule has 0 radical (unpaired) electrons. The van der Waals surface area contributed by atoms with Gasteiger partial charge in [-0.05, 0) is 68.1 Å². The lowest BCUT2D eigenvalue weighted by molar-refractivity contribution is 0.0985. The molecule has 0 fully saturated rings. The van der Waals surface area contributed by atoms with Crippen LogP contribution in [0.2, 0.25) is 0 Å². The first-order chi connectivity index (χ1) is 19.1. The highest BCUT2D eigenvalue weighted by Gasteiger charge is 2.26. The molecule has 0 aliphatic heterocycles. The van der Waals surface area contributed by atoms with Crippen molar-refractivity contribution >= 4 is 42.6 Å². The summed E-state index contributed by atoms with van der Waals surface area (Å²) in [7, 11) is -3.63. The largest absolute Gasteiger partial charge is 0.282 e. The highest BCUT2D eigenvalue weighted by molar-refractivity contribution is 7.89. The summed E-state index contributed by atoms with van der Waals surface area (Å²) in [5.41, 5.74) is 4.41. The fourth-order valence-corrected chi connectivity index (χ4v) is 7.29. The molecule has 8 nitrogen and oxygen atoms in total. The fourth-order valence-electron chi connectivity index (χ4n) is 4.78. The molecule has 1 amide bonds. The van der Waals surface area contributed by atoms with Crippen LogP contribution in [0.3, 0.4) is 0 Å². The van der Waals surface area contributed by atoms with Crippen LogP contribution >= 0.6 is 11.3 Å². The predicted molar refractivity (Wildman–Crippen MR) is 163 cm³/mol. The SMILES string of the molecule is CCCCN(CC)S(=O)(=O)c1ccc(C(=O)N(CCn2nc(C)cc2C)c2nc3c(C(C)C)cccc3s2)cc1. The summed E-state index contributed by atoms with van der Waals surface area (Å²) in [6, 6.07) is 14.4. The second kappa shape index (κ2) is 12.6. The van der Waals surface area contributed by atoms with Crippen LogP contribution < -0.4 is 4.90 Å².